The van der Waals surface area contributed by atoms with Crippen LogP contribution in [0.4, 0.5) is 5.69 Å². The van der Waals surface area contributed by atoms with Crippen molar-refractivity contribution in [3.8, 4) is 11.1 Å². The fourth-order valence-corrected chi connectivity index (χ4v) is 6.73. The largest absolute Gasteiger partial charge is 0.378 e. The van der Waals surface area contributed by atoms with Crippen LogP contribution in [-0.2, 0) is 14.8 Å². The number of aryl methyl sites for hydroxylation is 1. The fraction of sp³-hybridized carbons (Fsp3) is 0.226. The molecule has 41 heavy (non-hydrogen) atoms. The second kappa shape index (κ2) is 10.8. The number of hydrogen-bond acceptors (Lipinski definition) is 6. The maximum absolute atomic E-state index is 13.8. The molecule has 1 unspecified atom stereocenters. The number of halogens is 1. The number of nitrogens with zero attached hydrogens (tertiary/aromatic N) is 4. The maximum atomic E-state index is 13.8. The van der Waals surface area contributed by atoms with Crippen LogP contribution in [0, 0.1) is 6.92 Å². The number of morpholine rings is 1. The second-order valence-electron chi connectivity index (χ2n) is 10.2. The lowest BCUT2D eigenvalue weighted by atomic mass is 10.1. The van der Waals surface area contributed by atoms with Gasteiger partial charge in [0.25, 0.3) is 15.6 Å². The minimum atomic E-state index is -3.95. The normalized spacial score (nSPS) is 14.9. The Hall–Kier alpha value is -3.92. The summed E-state index contributed by atoms with van der Waals surface area (Å²) in [5.41, 5.74) is 4.04. The summed E-state index contributed by atoms with van der Waals surface area (Å²) in [7, 11) is -3.95. The van der Waals surface area contributed by atoms with E-state index >= 15 is 0 Å². The summed E-state index contributed by atoms with van der Waals surface area (Å²) in [5, 5.41) is 1.25. The molecular formula is C31H29ClN4O4S. The van der Waals surface area contributed by atoms with Crippen molar-refractivity contribution in [3.63, 3.8) is 0 Å². The standard InChI is InChI=1S/C31H29ClN4O4S/c1-21-6-8-27(9-7-21)41(38,39)36-20-29(28-18-26(19-33-31(28)36)34-12-14-40-15-13-34)24-10-11-35(30(37)17-24)22(2)23-4-3-5-25(32)16-23/h3-11,16-20,22H,12-15H2,1-2H3. The zero-order valence-electron chi connectivity index (χ0n) is 22.7. The molecule has 1 fully saturated rings. The van der Waals surface area contributed by atoms with Crippen molar-refractivity contribution >= 4 is 38.3 Å². The molecular weight excluding hydrogens is 560 g/mol. The summed E-state index contributed by atoms with van der Waals surface area (Å²) in [6, 6.07) is 19.2. The van der Waals surface area contributed by atoms with Gasteiger partial charge in [0.1, 0.15) is 0 Å². The lowest BCUT2D eigenvalue weighted by Crippen LogP contribution is -2.36. The number of rotatable bonds is 6. The van der Waals surface area contributed by atoms with Crippen LogP contribution >= 0.6 is 11.6 Å². The average molecular weight is 589 g/mol. The smallest absolute Gasteiger partial charge is 0.269 e. The first-order valence-corrected chi connectivity index (χ1v) is 15.2. The molecule has 0 N–H and O–H groups in total. The summed E-state index contributed by atoms with van der Waals surface area (Å²) in [5.74, 6) is 0. The summed E-state index contributed by atoms with van der Waals surface area (Å²) < 4.78 is 36.0. The molecule has 1 aliphatic heterocycles. The van der Waals surface area contributed by atoms with Crippen LogP contribution < -0.4 is 10.5 Å². The number of benzene rings is 2. The quantitative estimate of drug-likeness (QED) is 0.260. The van der Waals surface area contributed by atoms with E-state index in [1.807, 2.05) is 44.2 Å². The van der Waals surface area contributed by atoms with E-state index in [9.17, 15) is 13.2 Å². The topological polar surface area (TPSA) is 86.4 Å². The van der Waals surface area contributed by atoms with Crippen molar-refractivity contribution < 1.29 is 13.2 Å². The van der Waals surface area contributed by atoms with E-state index in [2.05, 4.69) is 9.88 Å². The summed E-state index contributed by atoms with van der Waals surface area (Å²) >= 11 is 6.18. The molecule has 3 aromatic heterocycles. The van der Waals surface area contributed by atoms with Gasteiger partial charge in [0.2, 0.25) is 0 Å². The Balaban J connectivity index is 1.49. The fourth-order valence-electron chi connectivity index (χ4n) is 5.20. The van der Waals surface area contributed by atoms with Gasteiger partial charge < -0.3 is 14.2 Å². The van der Waals surface area contributed by atoms with Crippen molar-refractivity contribution in [2.75, 3.05) is 31.2 Å². The molecule has 6 rings (SSSR count). The van der Waals surface area contributed by atoms with E-state index in [0.717, 1.165) is 16.8 Å². The number of aromatic nitrogens is 3. The molecule has 1 atom stereocenters. The van der Waals surface area contributed by atoms with E-state index < -0.39 is 10.0 Å². The highest BCUT2D eigenvalue weighted by atomic mass is 35.5. The monoisotopic (exact) mass is 588 g/mol. The minimum Gasteiger partial charge on any atom is -0.378 e. The van der Waals surface area contributed by atoms with Gasteiger partial charge in [0, 0.05) is 47.5 Å². The molecule has 2 aromatic carbocycles. The van der Waals surface area contributed by atoms with Crippen LogP contribution in [0.1, 0.15) is 24.1 Å². The summed E-state index contributed by atoms with van der Waals surface area (Å²) in [6.45, 7) is 6.48. The number of anilines is 1. The molecule has 0 spiro atoms. The van der Waals surface area contributed by atoms with Crippen LogP contribution in [0.15, 0.2) is 95.0 Å². The average Bonchev–Trinajstić information content (AvgIpc) is 3.37. The maximum Gasteiger partial charge on any atom is 0.269 e. The van der Waals surface area contributed by atoms with E-state index in [0.29, 0.717) is 53.5 Å². The van der Waals surface area contributed by atoms with E-state index in [1.54, 1.807) is 59.6 Å². The van der Waals surface area contributed by atoms with Gasteiger partial charge in [-0.25, -0.2) is 17.4 Å². The first kappa shape index (κ1) is 27.3. The van der Waals surface area contributed by atoms with Crippen molar-refractivity contribution in [2.24, 2.45) is 0 Å². The van der Waals surface area contributed by atoms with Crippen LogP contribution in [0.2, 0.25) is 5.02 Å². The van der Waals surface area contributed by atoms with Crippen LogP contribution in [0.5, 0.6) is 0 Å². The van der Waals surface area contributed by atoms with Crippen LogP contribution in [0.3, 0.4) is 0 Å². The van der Waals surface area contributed by atoms with Gasteiger partial charge >= 0.3 is 0 Å². The second-order valence-corrected chi connectivity index (χ2v) is 12.5. The Kier molecular flexibility index (Phi) is 7.19. The number of ether oxygens (including phenoxy) is 1. The van der Waals surface area contributed by atoms with Gasteiger partial charge in [0.15, 0.2) is 5.65 Å². The SMILES string of the molecule is Cc1ccc(S(=O)(=O)n2cc(-c3ccn(C(C)c4cccc(Cl)c4)c(=O)c3)c3cc(N4CCOCC4)cnc32)cc1. The van der Waals surface area contributed by atoms with Gasteiger partial charge in [-0.15, -0.1) is 0 Å². The Morgan fingerprint density at radius 2 is 1.76 bits per heavy atom. The molecule has 4 heterocycles. The molecule has 8 nitrogen and oxygen atoms in total. The number of hydrogen-bond donors (Lipinski definition) is 0. The lowest BCUT2D eigenvalue weighted by Gasteiger charge is -2.28. The Bertz CT molecular complexity index is 1910. The van der Waals surface area contributed by atoms with E-state index in [4.69, 9.17) is 16.3 Å². The molecule has 210 valence electrons. The highest BCUT2D eigenvalue weighted by Gasteiger charge is 2.24. The van der Waals surface area contributed by atoms with E-state index in [-0.39, 0.29) is 16.5 Å². The third kappa shape index (κ3) is 5.16. The Morgan fingerprint density at radius 1 is 1.00 bits per heavy atom. The predicted octanol–water partition coefficient (Wildman–Crippen LogP) is 5.51. The van der Waals surface area contributed by atoms with E-state index in [1.165, 1.54) is 3.97 Å². The molecule has 0 radical (unpaired) electrons. The summed E-state index contributed by atoms with van der Waals surface area (Å²) in [6.07, 6.45) is 5.00. The first-order chi connectivity index (χ1) is 19.7. The van der Waals surface area contributed by atoms with Crippen LogP contribution in [0.25, 0.3) is 22.2 Å². The third-order valence-corrected chi connectivity index (χ3v) is 9.46. The zero-order chi connectivity index (χ0) is 28.7. The molecule has 0 amide bonds. The molecule has 1 aliphatic rings. The van der Waals surface area contributed by atoms with Gasteiger partial charge in [-0.05, 0) is 61.4 Å². The third-order valence-electron chi connectivity index (χ3n) is 7.56. The predicted molar refractivity (Wildman–Crippen MR) is 161 cm³/mol. The van der Waals surface area contributed by atoms with Gasteiger partial charge in [-0.1, -0.05) is 41.4 Å². The minimum absolute atomic E-state index is 0.163. The highest BCUT2D eigenvalue weighted by Crippen LogP contribution is 2.34. The van der Waals surface area contributed by atoms with Gasteiger partial charge in [-0.2, -0.15) is 0 Å². The highest BCUT2D eigenvalue weighted by molar-refractivity contribution is 7.90. The summed E-state index contributed by atoms with van der Waals surface area (Å²) in [4.78, 5) is 20.3. The molecule has 5 aromatic rings. The molecule has 0 bridgehead atoms. The Morgan fingerprint density at radius 3 is 2.46 bits per heavy atom. The number of fused-ring (bicyclic) bond motifs is 1. The van der Waals surface area contributed by atoms with Crippen molar-refractivity contribution in [1.29, 1.82) is 0 Å². The molecule has 1 saturated heterocycles. The van der Waals surface area contributed by atoms with Gasteiger partial charge in [0.05, 0.1) is 36.0 Å². The van der Waals surface area contributed by atoms with Crippen LogP contribution in [-0.4, -0.2) is 48.2 Å². The van der Waals surface area contributed by atoms with Gasteiger partial charge in [-0.3, -0.25) is 4.79 Å². The molecule has 0 saturated carbocycles. The first-order valence-electron chi connectivity index (χ1n) is 13.4. The molecule has 10 heteroatoms. The van der Waals surface area contributed by atoms with Crippen molar-refractivity contribution in [3.05, 3.63) is 112 Å². The zero-order valence-corrected chi connectivity index (χ0v) is 24.3. The number of pyridine rings is 2. The van der Waals surface area contributed by atoms with Crippen molar-refractivity contribution in [2.45, 2.75) is 24.8 Å². The lowest BCUT2D eigenvalue weighted by molar-refractivity contribution is 0.122. The Labute approximate surface area is 243 Å². The van der Waals surface area contributed by atoms with Crippen molar-refractivity contribution in [1.82, 2.24) is 13.5 Å². The molecule has 0 aliphatic carbocycles.